The zero-order chi connectivity index (χ0) is 14.3. The lowest BCUT2D eigenvalue weighted by atomic mass is 10.2. The van der Waals surface area contributed by atoms with E-state index in [4.69, 9.17) is 4.74 Å². The van der Waals surface area contributed by atoms with Gasteiger partial charge in [0.15, 0.2) is 6.61 Å². The molecule has 0 aliphatic carbocycles. The van der Waals surface area contributed by atoms with Gasteiger partial charge < -0.3 is 14.8 Å². The first-order valence-electron chi connectivity index (χ1n) is 6.21. The molecule has 0 saturated heterocycles. The number of carbonyl (C=O) groups is 1. The molecule has 106 valence electrons. The number of rotatable bonds is 7. The van der Waals surface area contributed by atoms with Crippen molar-refractivity contribution >= 4 is 21.9 Å². The Bertz CT molecular complexity index is 421. The summed E-state index contributed by atoms with van der Waals surface area (Å²) in [6, 6.07) is 5.81. The number of esters is 1. The van der Waals surface area contributed by atoms with Crippen LogP contribution in [0, 0.1) is 5.92 Å². The summed E-state index contributed by atoms with van der Waals surface area (Å²) in [5, 5.41) is 3.37. The fourth-order valence-electron chi connectivity index (χ4n) is 1.47. The molecule has 0 amide bonds. The Morgan fingerprint density at radius 3 is 2.74 bits per heavy atom. The summed E-state index contributed by atoms with van der Waals surface area (Å²) < 4.78 is 10.7. The van der Waals surface area contributed by atoms with Crippen molar-refractivity contribution in [2.75, 3.05) is 20.3 Å². The van der Waals surface area contributed by atoms with Gasteiger partial charge in [-0.1, -0.05) is 19.9 Å². The van der Waals surface area contributed by atoms with Crippen molar-refractivity contribution in [3.63, 3.8) is 0 Å². The van der Waals surface area contributed by atoms with E-state index in [1.807, 2.05) is 18.2 Å². The standard InChI is InChI=1S/C14H20BrNO3/c1-10(2)7-16-8-11-4-5-13(12(15)6-11)19-9-14(17)18-3/h4-6,10,16H,7-9H2,1-3H3. The number of ether oxygens (including phenoxy) is 2. The Hall–Kier alpha value is -1.07. The second-order valence-electron chi connectivity index (χ2n) is 4.65. The smallest absolute Gasteiger partial charge is 0.343 e. The minimum atomic E-state index is -0.394. The molecule has 5 heteroatoms. The Morgan fingerprint density at radius 2 is 2.16 bits per heavy atom. The van der Waals surface area contributed by atoms with E-state index < -0.39 is 5.97 Å². The van der Waals surface area contributed by atoms with E-state index in [-0.39, 0.29) is 6.61 Å². The highest BCUT2D eigenvalue weighted by atomic mass is 79.9. The van der Waals surface area contributed by atoms with Crippen LogP contribution in [0.5, 0.6) is 5.75 Å². The van der Waals surface area contributed by atoms with Crippen LogP contribution in [0.1, 0.15) is 19.4 Å². The van der Waals surface area contributed by atoms with Gasteiger partial charge in [-0.25, -0.2) is 4.79 Å². The van der Waals surface area contributed by atoms with E-state index in [9.17, 15) is 4.79 Å². The SMILES string of the molecule is COC(=O)COc1ccc(CNCC(C)C)cc1Br. The highest BCUT2D eigenvalue weighted by Gasteiger charge is 2.06. The summed E-state index contributed by atoms with van der Waals surface area (Å²) in [5.41, 5.74) is 1.16. The molecule has 1 aromatic rings. The highest BCUT2D eigenvalue weighted by molar-refractivity contribution is 9.10. The average molecular weight is 330 g/mol. The number of nitrogens with one attached hydrogen (secondary N) is 1. The molecular weight excluding hydrogens is 310 g/mol. The Kier molecular flexibility index (Phi) is 6.87. The lowest BCUT2D eigenvalue weighted by Gasteiger charge is -2.10. The van der Waals surface area contributed by atoms with Crippen LogP contribution in [-0.4, -0.2) is 26.2 Å². The van der Waals surface area contributed by atoms with Gasteiger partial charge in [0.1, 0.15) is 5.75 Å². The van der Waals surface area contributed by atoms with Gasteiger partial charge in [0.05, 0.1) is 11.6 Å². The molecule has 0 aliphatic rings. The summed E-state index contributed by atoms with van der Waals surface area (Å²) in [5.74, 6) is 0.874. The van der Waals surface area contributed by atoms with Gasteiger partial charge in [0, 0.05) is 6.54 Å². The summed E-state index contributed by atoms with van der Waals surface area (Å²) in [4.78, 5) is 11.0. The van der Waals surface area contributed by atoms with Crippen LogP contribution in [-0.2, 0) is 16.1 Å². The largest absolute Gasteiger partial charge is 0.481 e. The molecule has 1 N–H and O–H groups in total. The quantitative estimate of drug-likeness (QED) is 0.781. The second-order valence-corrected chi connectivity index (χ2v) is 5.51. The highest BCUT2D eigenvalue weighted by Crippen LogP contribution is 2.26. The zero-order valence-electron chi connectivity index (χ0n) is 11.5. The molecule has 0 aromatic heterocycles. The summed E-state index contributed by atoms with van der Waals surface area (Å²) in [6.45, 7) is 6.06. The molecule has 1 rings (SSSR count). The van der Waals surface area contributed by atoms with Crippen LogP contribution in [0.25, 0.3) is 0 Å². The van der Waals surface area contributed by atoms with Crippen LogP contribution in [0.4, 0.5) is 0 Å². The van der Waals surface area contributed by atoms with Gasteiger partial charge >= 0.3 is 5.97 Å². The topological polar surface area (TPSA) is 47.6 Å². The van der Waals surface area contributed by atoms with Crippen LogP contribution < -0.4 is 10.1 Å². The van der Waals surface area contributed by atoms with Gasteiger partial charge in [-0.05, 0) is 46.1 Å². The van der Waals surface area contributed by atoms with Crippen molar-refractivity contribution in [3.8, 4) is 5.75 Å². The van der Waals surface area contributed by atoms with Crippen LogP contribution >= 0.6 is 15.9 Å². The molecule has 0 aliphatic heterocycles. The molecule has 0 heterocycles. The van der Waals surface area contributed by atoms with Crippen molar-refractivity contribution in [1.29, 1.82) is 0 Å². The lowest BCUT2D eigenvalue weighted by molar-refractivity contribution is -0.142. The maximum atomic E-state index is 11.0. The number of hydrogen-bond donors (Lipinski definition) is 1. The van der Waals surface area contributed by atoms with E-state index in [0.29, 0.717) is 11.7 Å². The van der Waals surface area contributed by atoms with Crippen LogP contribution in [0.2, 0.25) is 0 Å². The molecule has 1 aromatic carbocycles. The van der Waals surface area contributed by atoms with Crippen molar-refractivity contribution in [3.05, 3.63) is 28.2 Å². The average Bonchev–Trinajstić information content (AvgIpc) is 2.37. The molecule has 0 bridgehead atoms. The third-order valence-corrected chi connectivity index (χ3v) is 3.07. The van der Waals surface area contributed by atoms with Crippen LogP contribution in [0.3, 0.4) is 0 Å². The third-order valence-electron chi connectivity index (χ3n) is 2.45. The first kappa shape index (κ1) is 16.0. The molecule has 0 atom stereocenters. The molecule has 4 nitrogen and oxygen atoms in total. The van der Waals surface area contributed by atoms with Gasteiger partial charge in [-0.3, -0.25) is 0 Å². The minimum Gasteiger partial charge on any atom is -0.481 e. The zero-order valence-corrected chi connectivity index (χ0v) is 13.1. The number of carbonyl (C=O) groups excluding carboxylic acids is 1. The normalized spacial score (nSPS) is 10.6. The van der Waals surface area contributed by atoms with Gasteiger partial charge in [0.2, 0.25) is 0 Å². The predicted molar refractivity (Wildman–Crippen MR) is 78.2 cm³/mol. The third kappa shape index (κ3) is 6.07. The summed E-state index contributed by atoms with van der Waals surface area (Å²) in [7, 11) is 1.34. The van der Waals surface area contributed by atoms with Crippen molar-refractivity contribution in [2.45, 2.75) is 20.4 Å². The second kappa shape index (κ2) is 8.17. The van der Waals surface area contributed by atoms with Crippen molar-refractivity contribution < 1.29 is 14.3 Å². The van der Waals surface area contributed by atoms with Gasteiger partial charge in [-0.2, -0.15) is 0 Å². The number of hydrogen-bond acceptors (Lipinski definition) is 4. The Balaban J connectivity index is 2.51. The Morgan fingerprint density at radius 1 is 1.42 bits per heavy atom. The Labute approximate surface area is 122 Å². The molecule has 0 fully saturated rings. The first-order chi connectivity index (χ1) is 9.02. The number of halogens is 1. The fourth-order valence-corrected chi connectivity index (χ4v) is 2.01. The summed E-state index contributed by atoms with van der Waals surface area (Å²) >= 11 is 3.44. The molecule has 19 heavy (non-hydrogen) atoms. The van der Waals surface area contributed by atoms with E-state index >= 15 is 0 Å². The van der Waals surface area contributed by atoms with E-state index in [1.54, 1.807) is 0 Å². The molecule has 0 spiro atoms. The minimum absolute atomic E-state index is 0.0833. The van der Waals surface area contributed by atoms with Crippen molar-refractivity contribution in [2.24, 2.45) is 5.92 Å². The van der Waals surface area contributed by atoms with Gasteiger partial charge in [0.25, 0.3) is 0 Å². The molecule has 0 saturated carbocycles. The first-order valence-corrected chi connectivity index (χ1v) is 7.01. The maximum Gasteiger partial charge on any atom is 0.343 e. The number of methoxy groups -OCH3 is 1. The molecule has 0 radical (unpaired) electrons. The summed E-state index contributed by atoms with van der Waals surface area (Å²) in [6.07, 6.45) is 0. The van der Waals surface area contributed by atoms with Gasteiger partial charge in [-0.15, -0.1) is 0 Å². The van der Waals surface area contributed by atoms with E-state index in [1.165, 1.54) is 7.11 Å². The number of benzene rings is 1. The van der Waals surface area contributed by atoms with Crippen molar-refractivity contribution in [1.82, 2.24) is 5.32 Å². The predicted octanol–water partition coefficient (Wildman–Crippen LogP) is 2.75. The lowest BCUT2D eigenvalue weighted by Crippen LogP contribution is -2.19. The molecular formula is C14H20BrNO3. The molecule has 0 unspecified atom stereocenters. The van der Waals surface area contributed by atoms with E-state index in [2.05, 4.69) is 39.8 Å². The monoisotopic (exact) mass is 329 g/mol. The van der Waals surface area contributed by atoms with Crippen LogP contribution in [0.15, 0.2) is 22.7 Å². The van der Waals surface area contributed by atoms with E-state index in [0.717, 1.165) is 23.1 Å². The maximum absolute atomic E-state index is 11.0. The fraction of sp³-hybridized carbons (Fsp3) is 0.500.